The van der Waals surface area contributed by atoms with Crippen molar-refractivity contribution < 1.29 is 4.74 Å². The third kappa shape index (κ3) is 2.48. The van der Waals surface area contributed by atoms with E-state index in [-0.39, 0.29) is 6.04 Å². The highest BCUT2D eigenvalue weighted by Gasteiger charge is 2.15. The predicted molar refractivity (Wildman–Crippen MR) is 67.1 cm³/mol. The second-order valence-corrected chi connectivity index (χ2v) is 3.92. The molecule has 0 aromatic carbocycles. The van der Waals surface area contributed by atoms with Gasteiger partial charge in [0.25, 0.3) is 0 Å². The number of nitrogens with zero attached hydrogens (tertiary/aromatic N) is 4. The minimum Gasteiger partial charge on any atom is -0.495 e. The lowest BCUT2D eigenvalue weighted by atomic mass is 10.0. The molecule has 2 N–H and O–H groups in total. The minimum absolute atomic E-state index is 0.183. The Morgan fingerprint density at radius 1 is 1.50 bits per heavy atom. The van der Waals surface area contributed by atoms with Gasteiger partial charge in [0.15, 0.2) is 0 Å². The van der Waals surface area contributed by atoms with E-state index in [0.717, 1.165) is 17.9 Å². The molecule has 2 rings (SSSR count). The van der Waals surface area contributed by atoms with Crippen LogP contribution >= 0.6 is 0 Å². The summed E-state index contributed by atoms with van der Waals surface area (Å²) in [6.45, 7) is 2.81. The van der Waals surface area contributed by atoms with Gasteiger partial charge in [0.2, 0.25) is 0 Å². The quantitative estimate of drug-likeness (QED) is 0.850. The maximum atomic E-state index is 6.20. The number of hydrogen-bond acceptors (Lipinski definition) is 5. The molecule has 0 bridgehead atoms. The fourth-order valence-electron chi connectivity index (χ4n) is 1.88. The fraction of sp³-hybridized carbons (Fsp3) is 0.417. The van der Waals surface area contributed by atoms with Crippen LogP contribution < -0.4 is 10.5 Å². The van der Waals surface area contributed by atoms with E-state index >= 15 is 0 Å². The zero-order valence-corrected chi connectivity index (χ0v) is 10.6. The smallest absolute Gasteiger partial charge is 0.141 e. The number of aromatic nitrogens is 4. The highest BCUT2D eigenvalue weighted by atomic mass is 16.5. The molecule has 0 aliphatic rings. The molecular weight excluding hydrogens is 230 g/mol. The lowest BCUT2D eigenvalue weighted by Gasteiger charge is -2.14. The van der Waals surface area contributed by atoms with E-state index in [1.54, 1.807) is 25.8 Å². The van der Waals surface area contributed by atoms with Gasteiger partial charge in [-0.1, -0.05) is 0 Å². The van der Waals surface area contributed by atoms with Crippen molar-refractivity contribution in [2.45, 2.75) is 25.9 Å². The molecule has 18 heavy (non-hydrogen) atoms. The van der Waals surface area contributed by atoms with E-state index in [1.165, 1.54) is 0 Å². The number of rotatable bonds is 5. The minimum atomic E-state index is -0.183. The zero-order valence-electron chi connectivity index (χ0n) is 10.6. The highest BCUT2D eigenvalue weighted by Crippen LogP contribution is 2.24. The van der Waals surface area contributed by atoms with Crippen LogP contribution in [0.1, 0.15) is 24.4 Å². The van der Waals surface area contributed by atoms with Gasteiger partial charge in [-0.3, -0.25) is 9.67 Å². The Labute approximate surface area is 106 Å². The first-order chi connectivity index (χ1) is 8.76. The molecule has 96 valence electrons. The summed E-state index contributed by atoms with van der Waals surface area (Å²) in [7, 11) is 1.61. The topological polar surface area (TPSA) is 78.9 Å². The molecule has 0 amide bonds. The summed E-state index contributed by atoms with van der Waals surface area (Å²) in [6, 6.07) is 1.69. The number of hydrogen-bond donors (Lipinski definition) is 1. The van der Waals surface area contributed by atoms with Crippen LogP contribution in [0.25, 0.3) is 0 Å². The van der Waals surface area contributed by atoms with Crippen molar-refractivity contribution in [1.82, 2.24) is 19.7 Å². The van der Waals surface area contributed by atoms with Gasteiger partial charge in [-0.05, 0) is 13.0 Å². The van der Waals surface area contributed by atoms with Gasteiger partial charge in [0, 0.05) is 30.8 Å². The van der Waals surface area contributed by atoms with Crippen LogP contribution in [0.2, 0.25) is 0 Å². The maximum Gasteiger partial charge on any atom is 0.141 e. The summed E-state index contributed by atoms with van der Waals surface area (Å²) in [5, 5.41) is 4.13. The summed E-state index contributed by atoms with van der Waals surface area (Å²) < 4.78 is 7.10. The van der Waals surface area contributed by atoms with Crippen LogP contribution in [0.3, 0.4) is 0 Å². The summed E-state index contributed by atoms with van der Waals surface area (Å²) in [4.78, 5) is 8.24. The first kappa shape index (κ1) is 12.5. The molecule has 2 heterocycles. The molecule has 0 radical (unpaired) electrons. The van der Waals surface area contributed by atoms with E-state index in [0.29, 0.717) is 12.2 Å². The average molecular weight is 247 g/mol. The normalized spacial score (nSPS) is 12.4. The first-order valence-electron chi connectivity index (χ1n) is 5.86. The molecule has 0 aliphatic heterocycles. The van der Waals surface area contributed by atoms with E-state index in [9.17, 15) is 0 Å². The van der Waals surface area contributed by atoms with Crippen molar-refractivity contribution in [2.24, 2.45) is 5.73 Å². The Bertz CT molecular complexity index is 511. The van der Waals surface area contributed by atoms with Gasteiger partial charge in [-0.25, -0.2) is 4.98 Å². The van der Waals surface area contributed by atoms with Crippen LogP contribution in [-0.2, 0) is 13.0 Å². The van der Waals surface area contributed by atoms with Crippen molar-refractivity contribution in [1.29, 1.82) is 0 Å². The number of ether oxygens (including phenoxy) is 1. The van der Waals surface area contributed by atoms with Crippen molar-refractivity contribution in [2.75, 3.05) is 7.11 Å². The Kier molecular flexibility index (Phi) is 3.88. The van der Waals surface area contributed by atoms with Crippen LogP contribution in [0.5, 0.6) is 5.75 Å². The van der Waals surface area contributed by atoms with Crippen LogP contribution in [0.15, 0.2) is 24.8 Å². The van der Waals surface area contributed by atoms with Crippen molar-refractivity contribution in [3.63, 3.8) is 0 Å². The average Bonchev–Trinajstić information content (AvgIpc) is 2.85. The molecule has 2 aromatic rings. The van der Waals surface area contributed by atoms with Crippen molar-refractivity contribution >= 4 is 0 Å². The van der Waals surface area contributed by atoms with Gasteiger partial charge >= 0.3 is 0 Å². The number of nitrogens with two attached hydrogens (primary N) is 1. The summed E-state index contributed by atoms with van der Waals surface area (Å²) in [6.07, 6.45) is 5.55. The summed E-state index contributed by atoms with van der Waals surface area (Å²) in [5.41, 5.74) is 7.13. The number of pyridine rings is 1. The lowest BCUT2D eigenvalue weighted by molar-refractivity contribution is 0.402. The SMILES string of the molecule is CCn1ncnc1CC(N)c1ccncc1OC. The van der Waals surface area contributed by atoms with E-state index in [2.05, 4.69) is 15.1 Å². The van der Waals surface area contributed by atoms with E-state index in [1.807, 2.05) is 17.7 Å². The molecule has 0 saturated heterocycles. The van der Waals surface area contributed by atoms with Gasteiger partial charge < -0.3 is 10.5 Å². The monoisotopic (exact) mass is 247 g/mol. The summed E-state index contributed by atoms with van der Waals surface area (Å²) in [5.74, 6) is 1.58. The molecular formula is C12H17N5O. The number of methoxy groups -OCH3 is 1. The van der Waals surface area contributed by atoms with E-state index in [4.69, 9.17) is 10.5 Å². The first-order valence-corrected chi connectivity index (χ1v) is 5.86. The largest absolute Gasteiger partial charge is 0.495 e. The maximum absolute atomic E-state index is 6.20. The Morgan fingerprint density at radius 2 is 2.33 bits per heavy atom. The van der Waals surface area contributed by atoms with Crippen LogP contribution in [0.4, 0.5) is 0 Å². The highest BCUT2D eigenvalue weighted by molar-refractivity contribution is 5.33. The molecule has 6 nitrogen and oxygen atoms in total. The molecule has 0 aliphatic carbocycles. The second-order valence-electron chi connectivity index (χ2n) is 3.92. The fourth-order valence-corrected chi connectivity index (χ4v) is 1.88. The van der Waals surface area contributed by atoms with Crippen LogP contribution in [-0.4, -0.2) is 26.9 Å². The molecule has 0 saturated carbocycles. The molecule has 1 unspecified atom stereocenters. The van der Waals surface area contributed by atoms with Gasteiger partial charge in [0.05, 0.1) is 13.3 Å². The molecule has 2 aromatic heterocycles. The van der Waals surface area contributed by atoms with Crippen molar-refractivity contribution in [3.8, 4) is 5.75 Å². The molecule has 1 atom stereocenters. The van der Waals surface area contributed by atoms with Crippen molar-refractivity contribution in [3.05, 3.63) is 36.2 Å². The van der Waals surface area contributed by atoms with E-state index < -0.39 is 0 Å². The van der Waals surface area contributed by atoms with Gasteiger partial charge in [0.1, 0.15) is 17.9 Å². The third-order valence-electron chi connectivity index (χ3n) is 2.83. The lowest BCUT2D eigenvalue weighted by Crippen LogP contribution is -2.17. The Hall–Kier alpha value is -1.95. The Balaban J connectivity index is 2.19. The molecule has 0 fully saturated rings. The van der Waals surface area contributed by atoms with Gasteiger partial charge in [-0.2, -0.15) is 5.10 Å². The third-order valence-corrected chi connectivity index (χ3v) is 2.83. The molecule has 6 heteroatoms. The van der Waals surface area contributed by atoms with Gasteiger partial charge in [-0.15, -0.1) is 0 Å². The predicted octanol–water partition coefficient (Wildman–Crippen LogP) is 0.944. The summed E-state index contributed by atoms with van der Waals surface area (Å²) >= 11 is 0. The number of aryl methyl sites for hydroxylation is 1. The Morgan fingerprint density at radius 3 is 3.06 bits per heavy atom. The zero-order chi connectivity index (χ0) is 13.0. The second kappa shape index (κ2) is 5.59. The standard InChI is InChI=1S/C12H17N5O/c1-3-17-12(15-8-16-17)6-10(13)9-4-5-14-7-11(9)18-2/h4-5,7-8,10H,3,6,13H2,1-2H3. The molecule has 0 spiro atoms. The van der Waals surface area contributed by atoms with Crippen LogP contribution in [0, 0.1) is 0 Å².